The molecule has 0 spiro atoms. The fourth-order valence-corrected chi connectivity index (χ4v) is 1.88. The first-order chi connectivity index (χ1) is 8.82. The molecule has 0 heterocycles. The molecule has 0 radical (unpaired) electrons. The molecule has 1 aromatic carbocycles. The maximum absolute atomic E-state index is 12.2. The minimum absolute atomic E-state index is 0.129. The molecule has 0 saturated heterocycles. The highest BCUT2D eigenvalue weighted by Crippen LogP contribution is 2.21. The summed E-state index contributed by atoms with van der Waals surface area (Å²) in [5.74, 6) is 0.0810. The smallest absolute Gasteiger partial charge is 0.249 e. The van der Waals surface area contributed by atoms with Crippen LogP contribution in [0.3, 0.4) is 0 Å². The Morgan fingerprint density at radius 3 is 2.37 bits per heavy atom. The summed E-state index contributed by atoms with van der Waals surface area (Å²) in [5.41, 5.74) is 2.03. The van der Waals surface area contributed by atoms with E-state index in [1.807, 2.05) is 24.3 Å². The molecule has 4 heteroatoms. The average Bonchev–Trinajstić information content (AvgIpc) is 2.36. The highest BCUT2D eigenvalue weighted by atomic mass is 16.2. The van der Waals surface area contributed by atoms with E-state index in [1.54, 1.807) is 18.9 Å². The minimum Gasteiger partial charge on any atom is -0.345 e. The third-order valence-corrected chi connectivity index (χ3v) is 3.04. The van der Waals surface area contributed by atoms with Gasteiger partial charge in [0.1, 0.15) is 6.04 Å². The molecule has 0 saturated carbocycles. The van der Waals surface area contributed by atoms with E-state index in [0.29, 0.717) is 5.92 Å². The molecule has 1 aromatic rings. The summed E-state index contributed by atoms with van der Waals surface area (Å²) in [7, 11) is 1.72. The second-order valence-corrected chi connectivity index (χ2v) is 5.07. The topological polar surface area (TPSA) is 49.4 Å². The molecule has 0 aliphatic rings. The Morgan fingerprint density at radius 2 is 1.84 bits per heavy atom. The van der Waals surface area contributed by atoms with Crippen molar-refractivity contribution in [3.63, 3.8) is 0 Å². The van der Waals surface area contributed by atoms with Crippen molar-refractivity contribution in [2.45, 2.75) is 39.7 Å². The van der Waals surface area contributed by atoms with Crippen molar-refractivity contribution in [1.82, 2.24) is 5.32 Å². The van der Waals surface area contributed by atoms with Crippen LogP contribution >= 0.6 is 0 Å². The number of amides is 2. The van der Waals surface area contributed by atoms with Gasteiger partial charge in [-0.1, -0.05) is 26.0 Å². The van der Waals surface area contributed by atoms with Crippen LogP contribution in [0.25, 0.3) is 0 Å². The fraction of sp³-hybridized carbons (Fsp3) is 0.467. The van der Waals surface area contributed by atoms with Crippen LogP contribution in [-0.2, 0) is 9.59 Å². The molecule has 1 rings (SSSR count). The molecule has 1 atom stereocenters. The van der Waals surface area contributed by atoms with Crippen LogP contribution in [-0.4, -0.2) is 24.9 Å². The Kier molecular flexibility index (Phi) is 5.10. The Hall–Kier alpha value is -1.84. The number of nitrogens with zero attached hydrogens (tertiary/aromatic N) is 1. The number of carbonyl (C=O) groups excluding carboxylic acids is 2. The van der Waals surface area contributed by atoms with E-state index < -0.39 is 6.04 Å². The lowest BCUT2D eigenvalue weighted by molar-refractivity contribution is -0.125. The van der Waals surface area contributed by atoms with Crippen molar-refractivity contribution >= 4 is 17.5 Å². The van der Waals surface area contributed by atoms with Crippen LogP contribution in [0.4, 0.5) is 5.69 Å². The summed E-state index contributed by atoms with van der Waals surface area (Å²) in [6.45, 7) is 7.32. The Balaban J connectivity index is 2.87. The molecule has 1 N–H and O–H groups in total. The van der Waals surface area contributed by atoms with E-state index >= 15 is 0 Å². The summed E-state index contributed by atoms with van der Waals surface area (Å²) >= 11 is 0. The van der Waals surface area contributed by atoms with E-state index in [-0.39, 0.29) is 11.8 Å². The Labute approximate surface area is 114 Å². The van der Waals surface area contributed by atoms with Crippen molar-refractivity contribution in [3.8, 4) is 0 Å². The Morgan fingerprint density at radius 1 is 1.21 bits per heavy atom. The third-order valence-electron chi connectivity index (χ3n) is 3.04. The average molecular weight is 262 g/mol. The Bertz CT molecular complexity index is 469. The first kappa shape index (κ1) is 15.2. The number of hydrogen-bond acceptors (Lipinski definition) is 2. The van der Waals surface area contributed by atoms with E-state index in [4.69, 9.17) is 0 Å². The normalized spacial score (nSPS) is 12.1. The first-order valence-corrected chi connectivity index (χ1v) is 6.47. The highest BCUT2D eigenvalue weighted by Gasteiger charge is 2.19. The van der Waals surface area contributed by atoms with Gasteiger partial charge in [0.05, 0.1) is 0 Å². The van der Waals surface area contributed by atoms with Crippen molar-refractivity contribution < 1.29 is 9.59 Å². The standard InChI is InChI=1S/C15H22N2O2/c1-10(2)13-7-6-8-14(9-13)17(5)15(19)11(3)16-12(4)18/h6-11H,1-5H3,(H,16,18). The number of nitrogens with one attached hydrogen (secondary N) is 1. The molecule has 2 amide bonds. The summed E-state index contributed by atoms with van der Waals surface area (Å²) < 4.78 is 0. The van der Waals surface area contributed by atoms with Gasteiger partial charge in [-0.15, -0.1) is 0 Å². The van der Waals surface area contributed by atoms with Crippen LogP contribution in [0.2, 0.25) is 0 Å². The SMILES string of the molecule is CC(=O)NC(C)C(=O)N(C)c1cccc(C(C)C)c1. The molecule has 0 aromatic heterocycles. The van der Waals surface area contributed by atoms with Crippen LogP contribution in [0.5, 0.6) is 0 Å². The molecule has 0 fully saturated rings. The number of rotatable bonds is 4. The van der Waals surface area contributed by atoms with Crippen LogP contribution in [0.1, 0.15) is 39.2 Å². The zero-order valence-corrected chi connectivity index (χ0v) is 12.2. The number of anilines is 1. The zero-order valence-electron chi connectivity index (χ0n) is 12.2. The molecule has 19 heavy (non-hydrogen) atoms. The van der Waals surface area contributed by atoms with E-state index in [1.165, 1.54) is 12.5 Å². The lowest BCUT2D eigenvalue weighted by atomic mass is 10.0. The summed E-state index contributed by atoms with van der Waals surface area (Å²) in [6, 6.07) is 7.36. The van der Waals surface area contributed by atoms with Crippen molar-refractivity contribution in [2.75, 3.05) is 11.9 Å². The predicted octanol–water partition coefficient (Wildman–Crippen LogP) is 2.30. The lowest BCUT2D eigenvalue weighted by Crippen LogP contribution is -2.45. The van der Waals surface area contributed by atoms with E-state index in [9.17, 15) is 9.59 Å². The molecule has 0 bridgehead atoms. The van der Waals surface area contributed by atoms with Crippen molar-refractivity contribution in [2.24, 2.45) is 0 Å². The second-order valence-electron chi connectivity index (χ2n) is 5.07. The summed E-state index contributed by atoms with van der Waals surface area (Å²) in [5, 5.41) is 2.60. The molecule has 0 aliphatic carbocycles. The zero-order chi connectivity index (χ0) is 14.6. The third kappa shape index (κ3) is 4.09. The largest absolute Gasteiger partial charge is 0.345 e. The van der Waals surface area contributed by atoms with Gasteiger partial charge in [0, 0.05) is 19.7 Å². The summed E-state index contributed by atoms with van der Waals surface area (Å²) in [4.78, 5) is 24.7. The van der Waals surface area contributed by atoms with Crippen LogP contribution < -0.4 is 10.2 Å². The van der Waals surface area contributed by atoms with Gasteiger partial charge in [-0.25, -0.2) is 0 Å². The maximum atomic E-state index is 12.2. The van der Waals surface area contributed by atoms with Crippen LogP contribution in [0.15, 0.2) is 24.3 Å². The molecular formula is C15H22N2O2. The fourth-order valence-electron chi connectivity index (χ4n) is 1.88. The number of hydrogen-bond donors (Lipinski definition) is 1. The summed E-state index contributed by atoms with van der Waals surface area (Å²) in [6.07, 6.45) is 0. The van der Waals surface area contributed by atoms with Crippen molar-refractivity contribution in [3.05, 3.63) is 29.8 Å². The molecule has 1 unspecified atom stereocenters. The van der Waals surface area contributed by atoms with Gasteiger partial charge in [0.2, 0.25) is 11.8 Å². The minimum atomic E-state index is -0.523. The molecule has 4 nitrogen and oxygen atoms in total. The van der Waals surface area contributed by atoms with Gasteiger partial charge in [0.15, 0.2) is 0 Å². The monoisotopic (exact) mass is 262 g/mol. The van der Waals surface area contributed by atoms with E-state index in [2.05, 4.69) is 19.2 Å². The molecule has 104 valence electrons. The maximum Gasteiger partial charge on any atom is 0.249 e. The highest BCUT2D eigenvalue weighted by molar-refractivity contribution is 5.98. The van der Waals surface area contributed by atoms with Gasteiger partial charge in [-0.2, -0.15) is 0 Å². The first-order valence-electron chi connectivity index (χ1n) is 6.47. The van der Waals surface area contributed by atoms with Gasteiger partial charge < -0.3 is 10.2 Å². The van der Waals surface area contributed by atoms with Gasteiger partial charge in [-0.3, -0.25) is 9.59 Å². The predicted molar refractivity (Wildman–Crippen MR) is 77.2 cm³/mol. The molecule has 0 aliphatic heterocycles. The van der Waals surface area contributed by atoms with Crippen LogP contribution in [0, 0.1) is 0 Å². The lowest BCUT2D eigenvalue weighted by Gasteiger charge is -2.22. The number of likely N-dealkylation sites (N-methyl/N-ethyl adjacent to an activating group) is 1. The second kappa shape index (κ2) is 6.36. The van der Waals surface area contributed by atoms with Gasteiger partial charge in [-0.05, 0) is 30.5 Å². The number of carbonyl (C=O) groups is 2. The van der Waals surface area contributed by atoms with Gasteiger partial charge >= 0.3 is 0 Å². The quantitative estimate of drug-likeness (QED) is 0.905. The molecular weight excluding hydrogens is 240 g/mol. The van der Waals surface area contributed by atoms with Gasteiger partial charge in [0.25, 0.3) is 0 Å². The van der Waals surface area contributed by atoms with E-state index in [0.717, 1.165) is 5.69 Å². The van der Waals surface area contributed by atoms with Crippen molar-refractivity contribution in [1.29, 1.82) is 0 Å². The number of benzene rings is 1.